The molecule has 1 aliphatic heterocycles. The zero-order valence-corrected chi connectivity index (χ0v) is 17.3. The number of piperazine rings is 1. The fraction of sp³-hybridized carbons (Fsp3) is 0.350. The van der Waals surface area contributed by atoms with Crippen molar-refractivity contribution in [3.8, 4) is 0 Å². The van der Waals surface area contributed by atoms with E-state index in [1.807, 2.05) is 29.2 Å². The van der Waals surface area contributed by atoms with Crippen LogP contribution in [-0.2, 0) is 0 Å². The van der Waals surface area contributed by atoms with Crippen LogP contribution >= 0.6 is 23.1 Å². The highest BCUT2D eigenvalue weighted by Crippen LogP contribution is 2.38. The normalized spacial score (nSPS) is 17.4. The Morgan fingerprint density at radius 3 is 2.93 bits per heavy atom. The second kappa shape index (κ2) is 7.58. The predicted octanol–water partition coefficient (Wildman–Crippen LogP) is 3.89. The van der Waals surface area contributed by atoms with E-state index < -0.39 is 0 Å². The van der Waals surface area contributed by atoms with Gasteiger partial charge in [-0.15, -0.1) is 11.3 Å². The summed E-state index contributed by atoms with van der Waals surface area (Å²) in [6.45, 7) is 8.64. The zero-order chi connectivity index (χ0) is 19.0. The van der Waals surface area contributed by atoms with Crippen molar-refractivity contribution in [1.82, 2.24) is 20.2 Å². The van der Waals surface area contributed by atoms with Gasteiger partial charge < -0.3 is 10.2 Å². The molecular formula is C20H22N4OS2. The summed E-state index contributed by atoms with van der Waals surface area (Å²) < 4.78 is 0. The van der Waals surface area contributed by atoms with Gasteiger partial charge in [-0.05, 0) is 38.5 Å². The Kier molecular flexibility index (Phi) is 5.16. The Bertz CT molecular complexity index is 1000. The molecular weight excluding hydrogens is 376 g/mol. The topological polar surface area (TPSA) is 58.1 Å². The number of fused-ring (bicyclic) bond motifs is 1. The Labute approximate surface area is 167 Å². The summed E-state index contributed by atoms with van der Waals surface area (Å²) in [6, 6.07) is 8.15. The molecule has 7 heteroatoms. The molecule has 1 atom stereocenters. The van der Waals surface area contributed by atoms with Crippen LogP contribution < -0.4 is 5.32 Å². The summed E-state index contributed by atoms with van der Waals surface area (Å²) in [4.78, 5) is 27.2. The maximum atomic E-state index is 13.1. The van der Waals surface area contributed by atoms with Gasteiger partial charge in [0.1, 0.15) is 16.2 Å². The van der Waals surface area contributed by atoms with Crippen LogP contribution in [0.4, 0.5) is 0 Å². The molecule has 1 fully saturated rings. The van der Waals surface area contributed by atoms with Gasteiger partial charge in [0.15, 0.2) is 0 Å². The number of rotatable bonds is 3. The number of thiophene rings is 1. The molecule has 0 unspecified atom stereocenters. The lowest BCUT2D eigenvalue weighted by Crippen LogP contribution is -2.51. The van der Waals surface area contributed by atoms with E-state index in [0.717, 1.165) is 45.3 Å². The van der Waals surface area contributed by atoms with Crippen molar-refractivity contribution in [2.24, 2.45) is 0 Å². The SMILES string of the molecule is Cc1sc2ncnc(Sc3ccccc3C(=O)N3CCN[C@H](C)C3)c2c1C. The lowest BCUT2D eigenvalue weighted by molar-refractivity contribution is 0.0705. The van der Waals surface area contributed by atoms with Gasteiger partial charge >= 0.3 is 0 Å². The van der Waals surface area contributed by atoms with Crippen LogP contribution in [0, 0.1) is 13.8 Å². The first kappa shape index (κ1) is 18.4. The van der Waals surface area contributed by atoms with Crippen LogP contribution in [0.5, 0.6) is 0 Å². The molecule has 3 heterocycles. The Hall–Kier alpha value is -1.96. The highest BCUT2D eigenvalue weighted by Gasteiger charge is 2.24. The monoisotopic (exact) mass is 398 g/mol. The highest BCUT2D eigenvalue weighted by atomic mass is 32.2. The molecule has 5 nitrogen and oxygen atoms in total. The number of benzene rings is 1. The number of carbonyl (C=O) groups is 1. The Balaban J connectivity index is 1.69. The summed E-state index contributed by atoms with van der Waals surface area (Å²) >= 11 is 3.25. The minimum absolute atomic E-state index is 0.0926. The third kappa shape index (κ3) is 3.59. The number of carbonyl (C=O) groups excluding carboxylic acids is 1. The summed E-state index contributed by atoms with van der Waals surface area (Å²) in [5.41, 5.74) is 1.96. The van der Waals surface area contributed by atoms with Crippen molar-refractivity contribution in [3.05, 3.63) is 46.6 Å². The Morgan fingerprint density at radius 1 is 1.30 bits per heavy atom. The third-order valence-corrected chi connectivity index (χ3v) is 7.10. The van der Waals surface area contributed by atoms with E-state index in [-0.39, 0.29) is 5.91 Å². The summed E-state index contributed by atoms with van der Waals surface area (Å²) in [5, 5.41) is 5.40. The van der Waals surface area contributed by atoms with E-state index in [1.165, 1.54) is 10.4 Å². The quantitative estimate of drug-likeness (QED) is 0.678. The molecule has 3 aromatic rings. The first-order valence-corrected chi connectivity index (χ1v) is 10.7. The fourth-order valence-electron chi connectivity index (χ4n) is 3.35. The van der Waals surface area contributed by atoms with Gasteiger partial charge in [-0.1, -0.05) is 23.9 Å². The molecule has 1 aliphatic rings. The van der Waals surface area contributed by atoms with E-state index in [2.05, 4.69) is 36.1 Å². The molecule has 1 N–H and O–H groups in total. The van der Waals surface area contributed by atoms with E-state index in [9.17, 15) is 4.79 Å². The van der Waals surface area contributed by atoms with Crippen LogP contribution in [0.25, 0.3) is 10.2 Å². The lowest BCUT2D eigenvalue weighted by atomic mass is 10.1. The van der Waals surface area contributed by atoms with Gasteiger partial charge in [0.2, 0.25) is 0 Å². The average Bonchev–Trinajstić information content (AvgIpc) is 2.96. The molecule has 1 aromatic carbocycles. The predicted molar refractivity (Wildman–Crippen MR) is 111 cm³/mol. The van der Waals surface area contributed by atoms with Crippen molar-refractivity contribution in [2.75, 3.05) is 19.6 Å². The summed E-state index contributed by atoms with van der Waals surface area (Å²) in [7, 11) is 0. The minimum atomic E-state index is 0.0926. The first-order valence-electron chi connectivity index (χ1n) is 9.05. The Morgan fingerprint density at radius 2 is 2.11 bits per heavy atom. The molecule has 0 saturated carbocycles. The highest BCUT2D eigenvalue weighted by molar-refractivity contribution is 7.99. The molecule has 4 rings (SSSR count). The first-order chi connectivity index (χ1) is 13.0. The van der Waals surface area contributed by atoms with E-state index in [0.29, 0.717) is 6.04 Å². The minimum Gasteiger partial charge on any atom is -0.336 e. The van der Waals surface area contributed by atoms with E-state index >= 15 is 0 Å². The van der Waals surface area contributed by atoms with E-state index in [1.54, 1.807) is 29.4 Å². The second-order valence-electron chi connectivity index (χ2n) is 6.85. The van der Waals surface area contributed by atoms with Gasteiger partial charge in [0, 0.05) is 40.8 Å². The van der Waals surface area contributed by atoms with Gasteiger partial charge in [-0.2, -0.15) is 0 Å². The summed E-state index contributed by atoms with van der Waals surface area (Å²) in [6.07, 6.45) is 1.61. The van der Waals surface area contributed by atoms with Crippen molar-refractivity contribution >= 4 is 39.2 Å². The summed E-state index contributed by atoms with van der Waals surface area (Å²) in [5.74, 6) is 0.0926. The van der Waals surface area contributed by atoms with Crippen LogP contribution in [0.1, 0.15) is 27.7 Å². The molecule has 2 aromatic heterocycles. The van der Waals surface area contributed by atoms with Crippen molar-refractivity contribution in [3.63, 3.8) is 0 Å². The number of hydrogen-bond donors (Lipinski definition) is 1. The molecule has 0 bridgehead atoms. The number of aryl methyl sites for hydroxylation is 2. The largest absolute Gasteiger partial charge is 0.336 e. The number of nitrogens with zero attached hydrogens (tertiary/aromatic N) is 3. The molecule has 0 radical (unpaired) electrons. The third-order valence-electron chi connectivity index (χ3n) is 4.91. The number of amides is 1. The van der Waals surface area contributed by atoms with Crippen molar-refractivity contribution in [2.45, 2.75) is 36.7 Å². The second-order valence-corrected chi connectivity index (χ2v) is 9.08. The van der Waals surface area contributed by atoms with Gasteiger partial charge in [-0.3, -0.25) is 4.79 Å². The van der Waals surface area contributed by atoms with Gasteiger partial charge in [-0.25, -0.2) is 9.97 Å². The fourth-order valence-corrected chi connectivity index (χ4v) is 5.48. The maximum Gasteiger partial charge on any atom is 0.255 e. The zero-order valence-electron chi connectivity index (χ0n) is 15.7. The van der Waals surface area contributed by atoms with Crippen molar-refractivity contribution < 1.29 is 4.79 Å². The van der Waals surface area contributed by atoms with Crippen LogP contribution in [0.3, 0.4) is 0 Å². The molecule has 0 aliphatic carbocycles. The van der Waals surface area contributed by atoms with Crippen LogP contribution in [0.2, 0.25) is 0 Å². The number of hydrogen-bond acceptors (Lipinski definition) is 6. The molecule has 0 spiro atoms. The number of nitrogens with one attached hydrogen (secondary N) is 1. The van der Waals surface area contributed by atoms with Crippen molar-refractivity contribution in [1.29, 1.82) is 0 Å². The van der Waals surface area contributed by atoms with Crippen LogP contribution in [0.15, 0.2) is 40.5 Å². The smallest absolute Gasteiger partial charge is 0.255 e. The molecule has 27 heavy (non-hydrogen) atoms. The lowest BCUT2D eigenvalue weighted by Gasteiger charge is -2.32. The molecule has 140 valence electrons. The van der Waals surface area contributed by atoms with Gasteiger partial charge in [0.25, 0.3) is 5.91 Å². The van der Waals surface area contributed by atoms with Gasteiger partial charge in [0.05, 0.1) is 5.56 Å². The standard InChI is InChI=1S/C20H22N4OS2/c1-12-10-24(9-8-21-12)20(25)15-6-4-5-7-16(15)27-19-17-13(2)14(3)26-18(17)22-11-23-19/h4-7,11-12,21H,8-10H2,1-3H3/t12-/m1/s1. The number of aromatic nitrogens is 2. The molecule has 1 amide bonds. The van der Waals surface area contributed by atoms with Crippen LogP contribution in [-0.4, -0.2) is 46.5 Å². The maximum absolute atomic E-state index is 13.1. The van der Waals surface area contributed by atoms with E-state index in [4.69, 9.17) is 0 Å². The average molecular weight is 399 g/mol. The molecule has 1 saturated heterocycles.